The van der Waals surface area contributed by atoms with Crippen LogP contribution in [0, 0.1) is 18.6 Å². The molecule has 0 aliphatic carbocycles. The van der Waals surface area contributed by atoms with Crippen molar-refractivity contribution in [3.05, 3.63) is 64.9 Å². The van der Waals surface area contributed by atoms with Gasteiger partial charge in [-0.25, -0.2) is 8.78 Å². The number of hydrogen-bond acceptors (Lipinski definition) is 4. The van der Waals surface area contributed by atoms with Gasteiger partial charge in [-0.1, -0.05) is 0 Å². The Kier molecular flexibility index (Phi) is 5.44. The topological polar surface area (TPSA) is 57.5 Å². The van der Waals surface area contributed by atoms with Gasteiger partial charge in [0.1, 0.15) is 5.82 Å². The first kappa shape index (κ1) is 19.5. The van der Waals surface area contributed by atoms with Crippen molar-refractivity contribution in [3.63, 3.8) is 0 Å². The number of carbonyl (C=O) groups is 2. The van der Waals surface area contributed by atoms with Crippen molar-refractivity contribution in [3.8, 4) is 5.75 Å². The Hall–Kier alpha value is -3.22. The van der Waals surface area contributed by atoms with Crippen molar-refractivity contribution in [2.45, 2.75) is 20.3 Å². The summed E-state index contributed by atoms with van der Waals surface area (Å²) in [5.41, 5.74) is 1.29. The second kappa shape index (κ2) is 7.80. The van der Waals surface area contributed by atoms with Crippen LogP contribution in [0.2, 0.25) is 0 Å². The molecule has 0 unspecified atom stereocenters. The molecule has 0 fully saturated rings. The van der Waals surface area contributed by atoms with Crippen molar-refractivity contribution in [1.82, 2.24) is 4.57 Å². The van der Waals surface area contributed by atoms with E-state index in [1.165, 1.54) is 42.0 Å². The number of aromatic nitrogens is 1. The van der Waals surface area contributed by atoms with Crippen LogP contribution in [0.3, 0.4) is 0 Å². The minimum absolute atomic E-state index is 0.00369. The molecular formula is C21H19F2NO4. The molecule has 0 amide bonds. The molecule has 146 valence electrons. The van der Waals surface area contributed by atoms with Gasteiger partial charge in [-0.05, 0) is 55.8 Å². The number of fused-ring (bicyclic) bond motifs is 1. The van der Waals surface area contributed by atoms with Gasteiger partial charge in [0.2, 0.25) is 0 Å². The number of carbonyl (C=O) groups excluding carboxylic acids is 2. The first-order valence-electron chi connectivity index (χ1n) is 8.71. The summed E-state index contributed by atoms with van der Waals surface area (Å²) in [6.07, 6.45) is -0.191. The lowest BCUT2D eigenvalue weighted by Gasteiger charge is -2.08. The van der Waals surface area contributed by atoms with Gasteiger partial charge in [-0.2, -0.15) is 0 Å². The van der Waals surface area contributed by atoms with Gasteiger partial charge in [0.25, 0.3) is 5.91 Å². The van der Waals surface area contributed by atoms with Gasteiger partial charge in [0, 0.05) is 16.6 Å². The van der Waals surface area contributed by atoms with E-state index >= 15 is 4.39 Å². The van der Waals surface area contributed by atoms with Crippen LogP contribution in [0.5, 0.6) is 5.75 Å². The summed E-state index contributed by atoms with van der Waals surface area (Å²) in [5.74, 6) is -2.11. The Labute approximate surface area is 160 Å². The molecule has 0 aliphatic heterocycles. The molecule has 0 aliphatic rings. The molecule has 3 aromatic rings. The number of benzene rings is 2. The molecule has 1 heterocycles. The summed E-state index contributed by atoms with van der Waals surface area (Å²) in [4.78, 5) is 25.1. The fourth-order valence-corrected chi connectivity index (χ4v) is 3.23. The van der Waals surface area contributed by atoms with Gasteiger partial charge in [-0.3, -0.25) is 14.2 Å². The number of hydrogen-bond donors (Lipinski definition) is 0. The third-order valence-electron chi connectivity index (χ3n) is 4.54. The van der Waals surface area contributed by atoms with E-state index < -0.39 is 23.5 Å². The zero-order chi connectivity index (χ0) is 20.4. The van der Waals surface area contributed by atoms with E-state index in [0.717, 1.165) is 0 Å². The predicted octanol–water partition coefficient (Wildman–Crippen LogP) is 4.03. The highest BCUT2D eigenvalue weighted by atomic mass is 19.1. The van der Waals surface area contributed by atoms with Crippen LogP contribution in [-0.2, 0) is 16.0 Å². The summed E-state index contributed by atoms with van der Waals surface area (Å²) in [7, 11) is 1.34. The lowest BCUT2D eigenvalue weighted by Crippen LogP contribution is -2.14. The highest BCUT2D eigenvalue weighted by Crippen LogP contribution is 2.34. The smallest absolute Gasteiger partial charge is 0.310 e. The molecule has 0 radical (unpaired) electrons. The summed E-state index contributed by atoms with van der Waals surface area (Å²) in [6.45, 7) is 3.49. The maximum absolute atomic E-state index is 15.0. The molecule has 7 heteroatoms. The molecule has 0 saturated heterocycles. The average Bonchev–Trinajstić information content (AvgIpc) is 2.94. The summed E-state index contributed by atoms with van der Waals surface area (Å²) in [6, 6.07) is 8.04. The second-order valence-corrected chi connectivity index (χ2v) is 6.17. The quantitative estimate of drug-likeness (QED) is 0.621. The van der Waals surface area contributed by atoms with E-state index in [1.807, 2.05) is 0 Å². The van der Waals surface area contributed by atoms with E-state index in [-0.39, 0.29) is 29.7 Å². The minimum Gasteiger partial charge on any atom is -0.494 e. The minimum atomic E-state index is -0.659. The first-order valence-corrected chi connectivity index (χ1v) is 8.71. The van der Waals surface area contributed by atoms with Crippen LogP contribution in [-0.4, -0.2) is 30.2 Å². The van der Waals surface area contributed by atoms with Crippen LogP contribution in [0.4, 0.5) is 8.78 Å². The van der Waals surface area contributed by atoms with E-state index in [2.05, 4.69) is 0 Å². The lowest BCUT2D eigenvalue weighted by molar-refractivity contribution is -0.142. The number of ether oxygens (including phenoxy) is 2. The molecule has 3 rings (SSSR count). The highest BCUT2D eigenvalue weighted by Gasteiger charge is 2.25. The zero-order valence-corrected chi connectivity index (χ0v) is 15.7. The maximum Gasteiger partial charge on any atom is 0.310 e. The van der Waals surface area contributed by atoms with E-state index in [0.29, 0.717) is 16.8 Å². The van der Waals surface area contributed by atoms with Gasteiger partial charge < -0.3 is 9.47 Å². The molecule has 0 bridgehead atoms. The Morgan fingerprint density at radius 3 is 2.36 bits per heavy atom. The fraction of sp³-hybridized carbons (Fsp3) is 0.238. The van der Waals surface area contributed by atoms with Gasteiger partial charge in [-0.15, -0.1) is 0 Å². The molecule has 1 aromatic heterocycles. The molecule has 0 atom stereocenters. The standard InChI is InChI=1S/C21H19F2NO4/c1-4-28-18(25)11-15-12(2)24(21(26)13-5-7-14(22)8-6-13)16-9-10-17(27-3)20(23)19(15)16/h5-10H,4,11H2,1-3H3. The largest absolute Gasteiger partial charge is 0.494 e. The Bertz CT molecular complexity index is 1050. The summed E-state index contributed by atoms with van der Waals surface area (Å²) < 4.78 is 39.6. The van der Waals surface area contributed by atoms with E-state index in [9.17, 15) is 14.0 Å². The Balaban J connectivity index is 2.24. The number of rotatable bonds is 5. The molecular weight excluding hydrogens is 368 g/mol. The number of halogens is 2. The SMILES string of the molecule is CCOC(=O)Cc1c(C)n(C(=O)c2ccc(F)cc2)c2ccc(OC)c(F)c12. The molecule has 0 N–H and O–H groups in total. The van der Waals surface area contributed by atoms with Gasteiger partial charge >= 0.3 is 5.97 Å². The number of nitrogens with zero attached hydrogens (tertiary/aromatic N) is 1. The summed E-state index contributed by atoms with van der Waals surface area (Å²) >= 11 is 0. The monoisotopic (exact) mass is 387 g/mol. The van der Waals surface area contributed by atoms with Crippen LogP contribution < -0.4 is 4.74 Å². The van der Waals surface area contributed by atoms with Crippen LogP contribution >= 0.6 is 0 Å². The van der Waals surface area contributed by atoms with Crippen LogP contribution in [0.1, 0.15) is 28.5 Å². The van der Waals surface area contributed by atoms with Crippen molar-refractivity contribution in [1.29, 1.82) is 0 Å². The van der Waals surface area contributed by atoms with Crippen LogP contribution in [0.25, 0.3) is 10.9 Å². The van der Waals surface area contributed by atoms with Crippen LogP contribution in [0.15, 0.2) is 36.4 Å². The zero-order valence-electron chi connectivity index (χ0n) is 15.7. The van der Waals surface area contributed by atoms with Gasteiger partial charge in [0.05, 0.1) is 25.7 Å². The third kappa shape index (κ3) is 3.35. The Morgan fingerprint density at radius 2 is 1.75 bits per heavy atom. The second-order valence-electron chi connectivity index (χ2n) is 6.17. The highest BCUT2D eigenvalue weighted by molar-refractivity contribution is 6.05. The first-order chi connectivity index (χ1) is 13.4. The average molecular weight is 387 g/mol. The molecule has 28 heavy (non-hydrogen) atoms. The molecule has 5 nitrogen and oxygen atoms in total. The van der Waals surface area contributed by atoms with Crippen molar-refractivity contribution < 1.29 is 27.8 Å². The third-order valence-corrected chi connectivity index (χ3v) is 4.54. The van der Waals surface area contributed by atoms with Crippen molar-refractivity contribution in [2.24, 2.45) is 0 Å². The van der Waals surface area contributed by atoms with E-state index in [1.54, 1.807) is 19.9 Å². The van der Waals surface area contributed by atoms with Crippen molar-refractivity contribution in [2.75, 3.05) is 13.7 Å². The normalized spacial score (nSPS) is 10.9. The predicted molar refractivity (Wildman–Crippen MR) is 99.7 cm³/mol. The fourth-order valence-electron chi connectivity index (χ4n) is 3.23. The van der Waals surface area contributed by atoms with Gasteiger partial charge in [0.15, 0.2) is 11.6 Å². The Morgan fingerprint density at radius 1 is 1.07 bits per heavy atom. The summed E-state index contributed by atoms with van der Waals surface area (Å²) in [5, 5.41) is 0.125. The van der Waals surface area contributed by atoms with Crippen molar-refractivity contribution >= 4 is 22.8 Å². The molecule has 0 saturated carbocycles. The number of esters is 1. The number of methoxy groups -OCH3 is 1. The molecule has 0 spiro atoms. The lowest BCUT2D eigenvalue weighted by atomic mass is 10.1. The molecule has 2 aromatic carbocycles. The maximum atomic E-state index is 15.0. The van der Waals surface area contributed by atoms with E-state index in [4.69, 9.17) is 9.47 Å².